The Bertz CT molecular complexity index is 882. The first-order chi connectivity index (χ1) is 12.7. The fourth-order valence-electron chi connectivity index (χ4n) is 2.59. The molecule has 0 atom stereocenters. The summed E-state index contributed by atoms with van der Waals surface area (Å²) in [5, 5.41) is 2.44. The zero-order valence-electron chi connectivity index (χ0n) is 15.5. The third-order valence-electron chi connectivity index (χ3n) is 3.84. The largest absolute Gasteiger partial charge is 0.480 e. The number of pyridine rings is 1. The number of anilines is 1. The monoisotopic (exact) mass is 438 g/mol. The first-order valence-electron chi connectivity index (χ1n) is 8.44. The minimum atomic E-state index is -0.766. The first kappa shape index (κ1) is 19.5. The van der Waals surface area contributed by atoms with Crippen molar-refractivity contribution in [2.75, 3.05) is 12.4 Å². The lowest BCUT2D eigenvalue weighted by Crippen LogP contribution is -2.27. The van der Waals surface area contributed by atoms with Gasteiger partial charge in [0.05, 0.1) is 28.5 Å². The van der Waals surface area contributed by atoms with Crippen LogP contribution in [0, 0.1) is 5.82 Å². The quantitative estimate of drug-likeness (QED) is 0.745. The van der Waals surface area contributed by atoms with Crippen LogP contribution in [0.2, 0.25) is 0 Å². The first-order valence-corrected chi connectivity index (χ1v) is 9.23. The summed E-state index contributed by atoms with van der Waals surface area (Å²) in [5.74, 6) is -0.252. The molecule has 1 aliphatic carbocycles. The van der Waals surface area contributed by atoms with Crippen LogP contribution in [0.15, 0.2) is 17.0 Å². The molecular formula is C18H20BrFN4O3. The normalized spacial score (nSPS) is 14.0. The Morgan fingerprint density at radius 1 is 1.30 bits per heavy atom. The summed E-state index contributed by atoms with van der Waals surface area (Å²) >= 11 is 3.22. The van der Waals surface area contributed by atoms with E-state index in [0.717, 1.165) is 12.8 Å². The van der Waals surface area contributed by atoms with Gasteiger partial charge in [0, 0.05) is 12.1 Å². The minimum Gasteiger partial charge on any atom is -0.480 e. The highest BCUT2D eigenvalue weighted by Crippen LogP contribution is 2.46. The van der Waals surface area contributed by atoms with Crippen LogP contribution in [0.5, 0.6) is 5.88 Å². The molecule has 0 unspecified atom stereocenters. The van der Waals surface area contributed by atoms with Gasteiger partial charge in [-0.1, -0.05) is 0 Å². The SMILES string of the molecule is COc1ncnc(C2CC2)c1-c1ncc(Br)c(NC(=O)OC(C)(C)C)c1F. The van der Waals surface area contributed by atoms with Gasteiger partial charge in [0.25, 0.3) is 0 Å². The number of aromatic nitrogens is 3. The van der Waals surface area contributed by atoms with E-state index in [1.54, 1.807) is 20.8 Å². The Morgan fingerprint density at radius 3 is 2.59 bits per heavy atom. The van der Waals surface area contributed by atoms with Crippen LogP contribution in [0.4, 0.5) is 14.9 Å². The van der Waals surface area contributed by atoms with Crippen molar-refractivity contribution in [1.82, 2.24) is 15.0 Å². The zero-order valence-corrected chi connectivity index (χ0v) is 17.1. The van der Waals surface area contributed by atoms with Crippen molar-refractivity contribution in [3.05, 3.63) is 28.5 Å². The Morgan fingerprint density at radius 2 is 2.00 bits per heavy atom. The molecular weight excluding hydrogens is 419 g/mol. The van der Waals surface area contributed by atoms with E-state index in [9.17, 15) is 4.79 Å². The fraction of sp³-hybridized carbons (Fsp3) is 0.444. The number of hydrogen-bond donors (Lipinski definition) is 1. The smallest absolute Gasteiger partial charge is 0.412 e. The Kier molecular flexibility index (Phi) is 5.32. The molecule has 1 fully saturated rings. The molecule has 0 bridgehead atoms. The van der Waals surface area contributed by atoms with Gasteiger partial charge in [0.2, 0.25) is 5.88 Å². The topological polar surface area (TPSA) is 86.2 Å². The average molecular weight is 439 g/mol. The van der Waals surface area contributed by atoms with Gasteiger partial charge in [-0.05, 0) is 49.5 Å². The second-order valence-electron chi connectivity index (χ2n) is 7.19. The van der Waals surface area contributed by atoms with Gasteiger partial charge < -0.3 is 9.47 Å². The minimum absolute atomic E-state index is 0.0172. The van der Waals surface area contributed by atoms with Gasteiger partial charge in [-0.2, -0.15) is 0 Å². The van der Waals surface area contributed by atoms with Crippen LogP contribution in [0.1, 0.15) is 45.2 Å². The van der Waals surface area contributed by atoms with Gasteiger partial charge in [-0.25, -0.2) is 19.2 Å². The number of nitrogens with zero attached hydrogens (tertiary/aromatic N) is 3. The van der Waals surface area contributed by atoms with Crippen molar-refractivity contribution in [2.24, 2.45) is 0 Å². The standard InChI is InChI=1S/C18H20BrFN4O3/c1-18(2,3)27-17(25)24-14-10(19)7-21-15(12(14)20)11-13(9-5-6-9)22-8-23-16(11)26-4/h7-9H,5-6H2,1-4H3,(H,21,24,25). The van der Waals surface area contributed by atoms with Crippen LogP contribution >= 0.6 is 15.9 Å². The molecule has 1 saturated carbocycles. The van der Waals surface area contributed by atoms with Crippen LogP contribution in [-0.2, 0) is 4.74 Å². The maximum absolute atomic E-state index is 15.3. The van der Waals surface area contributed by atoms with Gasteiger partial charge in [0.15, 0.2) is 5.82 Å². The van der Waals surface area contributed by atoms with Crippen molar-refractivity contribution < 1.29 is 18.7 Å². The molecule has 0 saturated heterocycles. The second kappa shape index (κ2) is 7.38. The molecule has 0 spiro atoms. The summed E-state index contributed by atoms with van der Waals surface area (Å²) in [6, 6.07) is 0. The highest BCUT2D eigenvalue weighted by molar-refractivity contribution is 9.10. The van der Waals surface area contributed by atoms with Crippen molar-refractivity contribution in [3.8, 4) is 17.1 Å². The Balaban J connectivity index is 2.05. The molecule has 1 N–H and O–H groups in total. The summed E-state index contributed by atoms with van der Waals surface area (Å²) < 4.78 is 26.1. The predicted molar refractivity (Wildman–Crippen MR) is 101 cm³/mol. The van der Waals surface area contributed by atoms with Gasteiger partial charge >= 0.3 is 6.09 Å². The van der Waals surface area contributed by atoms with Gasteiger partial charge in [-0.3, -0.25) is 10.3 Å². The lowest BCUT2D eigenvalue weighted by atomic mass is 10.1. The van der Waals surface area contributed by atoms with E-state index in [4.69, 9.17) is 9.47 Å². The van der Waals surface area contributed by atoms with Crippen molar-refractivity contribution in [3.63, 3.8) is 0 Å². The molecule has 2 heterocycles. The highest BCUT2D eigenvalue weighted by Gasteiger charge is 2.32. The van der Waals surface area contributed by atoms with Crippen molar-refractivity contribution >= 4 is 27.7 Å². The van der Waals surface area contributed by atoms with E-state index in [-0.39, 0.29) is 23.2 Å². The molecule has 27 heavy (non-hydrogen) atoms. The molecule has 0 radical (unpaired) electrons. The number of ether oxygens (including phenoxy) is 2. The molecule has 0 aliphatic heterocycles. The van der Waals surface area contributed by atoms with E-state index in [1.807, 2.05) is 0 Å². The number of halogens is 2. The highest BCUT2D eigenvalue weighted by atomic mass is 79.9. The summed E-state index contributed by atoms with van der Waals surface area (Å²) in [6.07, 6.45) is 3.97. The number of methoxy groups -OCH3 is 1. The summed E-state index contributed by atoms with van der Waals surface area (Å²) in [4.78, 5) is 24.7. The second-order valence-corrected chi connectivity index (χ2v) is 8.04. The van der Waals surface area contributed by atoms with E-state index in [0.29, 0.717) is 15.7 Å². The molecule has 0 aromatic carbocycles. The third kappa shape index (κ3) is 4.35. The molecule has 2 aromatic heterocycles. The van der Waals surface area contributed by atoms with E-state index in [2.05, 4.69) is 36.2 Å². The molecule has 7 nitrogen and oxygen atoms in total. The molecule has 2 aromatic rings. The lowest BCUT2D eigenvalue weighted by Gasteiger charge is -2.20. The summed E-state index contributed by atoms with van der Waals surface area (Å²) in [6.45, 7) is 5.18. The van der Waals surface area contributed by atoms with Crippen molar-refractivity contribution in [2.45, 2.75) is 45.1 Å². The van der Waals surface area contributed by atoms with Crippen LogP contribution in [-0.4, -0.2) is 33.8 Å². The van der Waals surface area contributed by atoms with Crippen LogP contribution in [0.25, 0.3) is 11.3 Å². The Labute approximate surface area is 164 Å². The third-order valence-corrected chi connectivity index (χ3v) is 4.44. The van der Waals surface area contributed by atoms with Crippen molar-refractivity contribution in [1.29, 1.82) is 0 Å². The number of nitrogens with one attached hydrogen (secondary N) is 1. The molecule has 144 valence electrons. The van der Waals surface area contributed by atoms with Gasteiger partial charge in [-0.15, -0.1) is 0 Å². The molecule has 9 heteroatoms. The summed E-state index contributed by atoms with van der Waals surface area (Å²) in [7, 11) is 1.46. The lowest BCUT2D eigenvalue weighted by molar-refractivity contribution is 0.0635. The van der Waals surface area contributed by atoms with Crippen LogP contribution in [0.3, 0.4) is 0 Å². The van der Waals surface area contributed by atoms with E-state index in [1.165, 1.54) is 19.6 Å². The van der Waals surface area contributed by atoms with E-state index < -0.39 is 17.5 Å². The van der Waals surface area contributed by atoms with E-state index >= 15 is 4.39 Å². The van der Waals surface area contributed by atoms with Gasteiger partial charge in [0.1, 0.15) is 17.6 Å². The number of rotatable bonds is 4. The molecule has 1 aliphatic rings. The summed E-state index contributed by atoms with van der Waals surface area (Å²) in [5.41, 5.74) is 0.336. The van der Waals surface area contributed by atoms with Crippen LogP contribution < -0.4 is 10.1 Å². The number of hydrogen-bond acceptors (Lipinski definition) is 6. The molecule has 3 rings (SSSR count). The number of carbonyl (C=O) groups excluding carboxylic acids is 1. The Hall–Kier alpha value is -2.29. The fourth-order valence-corrected chi connectivity index (χ4v) is 2.96. The average Bonchev–Trinajstić information content (AvgIpc) is 3.41. The zero-order chi connectivity index (χ0) is 19.8. The molecule has 1 amide bonds. The predicted octanol–water partition coefficient (Wildman–Crippen LogP) is 4.67. The maximum Gasteiger partial charge on any atom is 0.412 e. The number of amides is 1. The number of carbonyl (C=O) groups is 1. The maximum atomic E-state index is 15.3.